The Morgan fingerprint density at radius 1 is 1.18 bits per heavy atom. The Labute approximate surface area is 104 Å². The van der Waals surface area contributed by atoms with Gasteiger partial charge in [0.2, 0.25) is 0 Å². The van der Waals surface area contributed by atoms with Gasteiger partial charge in [-0.25, -0.2) is 0 Å². The summed E-state index contributed by atoms with van der Waals surface area (Å²) in [6.45, 7) is 1.61. The van der Waals surface area contributed by atoms with E-state index >= 15 is 0 Å². The molecule has 2 rings (SSSR count). The van der Waals surface area contributed by atoms with Gasteiger partial charge >= 0.3 is 0 Å². The lowest BCUT2D eigenvalue weighted by atomic mass is 9.66. The van der Waals surface area contributed by atoms with Crippen LogP contribution >= 0.6 is 0 Å². The highest BCUT2D eigenvalue weighted by Crippen LogP contribution is 2.40. The molecule has 1 fully saturated rings. The lowest BCUT2D eigenvalue weighted by Crippen LogP contribution is -2.39. The molecule has 1 saturated carbocycles. The van der Waals surface area contributed by atoms with Gasteiger partial charge in [0.1, 0.15) is 0 Å². The summed E-state index contributed by atoms with van der Waals surface area (Å²) in [6.07, 6.45) is 6.14. The van der Waals surface area contributed by atoms with Crippen molar-refractivity contribution in [3.05, 3.63) is 35.9 Å². The van der Waals surface area contributed by atoms with Crippen LogP contribution in [0.3, 0.4) is 0 Å². The van der Waals surface area contributed by atoms with Crippen molar-refractivity contribution >= 4 is 0 Å². The summed E-state index contributed by atoms with van der Waals surface area (Å²) in [5.74, 6) is 0.677. The highest BCUT2D eigenvalue weighted by atomic mass is 14.6. The first-order valence-corrected chi connectivity index (χ1v) is 6.72. The smallest absolute Gasteiger partial charge is 0.00172 e. The highest BCUT2D eigenvalue weighted by Gasteiger charge is 2.34. The number of hydrogen-bond acceptors (Lipinski definition) is 2. The largest absolute Gasteiger partial charge is 0.330 e. The van der Waals surface area contributed by atoms with Crippen molar-refractivity contribution in [2.45, 2.75) is 32.1 Å². The Morgan fingerprint density at radius 3 is 2.59 bits per heavy atom. The third kappa shape index (κ3) is 3.08. The van der Waals surface area contributed by atoms with Crippen molar-refractivity contribution in [3.8, 4) is 0 Å². The van der Waals surface area contributed by atoms with Gasteiger partial charge < -0.3 is 11.5 Å². The van der Waals surface area contributed by atoms with Crippen molar-refractivity contribution in [2.24, 2.45) is 22.8 Å². The van der Waals surface area contributed by atoms with E-state index < -0.39 is 0 Å². The van der Waals surface area contributed by atoms with E-state index in [2.05, 4.69) is 30.3 Å². The minimum absolute atomic E-state index is 0.295. The van der Waals surface area contributed by atoms with Gasteiger partial charge in [-0.2, -0.15) is 0 Å². The number of benzene rings is 1. The van der Waals surface area contributed by atoms with Gasteiger partial charge in [-0.1, -0.05) is 36.8 Å². The Bertz CT molecular complexity index is 336. The lowest BCUT2D eigenvalue weighted by molar-refractivity contribution is 0.148. The summed E-state index contributed by atoms with van der Waals surface area (Å²) in [4.78, 5) is 0. The molecule has 1 aromatic carbocycles. The second-order valence-corrected chi connectivity index (χ2v) is 5.56. The molecule has 1 aliphatic carbocycles. The van der Waals surface area contributed by atoms with Crippen LogP contribution in [0.4, 0.5) is 0 Å². The van der Waals surface area contributed by atoms with Gasteiger partial charge in [0, 0.05) is 0 Å². The number of rotatable bonds is 4. The van der Waals surface area contributed by atoms with Crippen molar-refractivity contribution in [2.75, 3.05) is 13.1 Å². The quantitative estimate of drug-likeness (QED) is 0.837. The molecule has 0 saturated heterocycles. The number of nitrogens with two attached hydrogens (primary N) is 2. The summed E-state index contributed by atoms with van der Waals surface area (Å²) in [7, 11) is 0. The standard InChI is InChI=1S/C15H24N2/c16-11-14-7-4-8-15(10-14,12-17)9-13-5-2-1-3-6-13/h1-3,5-6,14H,4,7-12,16-17H2. The second-order valence-electron chi connectivity index (χ2n) is 5.56. The Hall–Kier alpha value is -0.860. The molecule has 0 radical (unpaired) electrons. The maximum atomic E-state index is 6.06. The van der Waals surface area contributed by atoms with Gasteiger partial charge in [0.15, 0.2) is 0 Å². The third-order valence-corrected chi connectivity index (χ3v) is 4.23. The van der Waals surface area contributed by atoms with E-state index in [1.807, 2.05) is 0 Å². The molecule has 0 aromatic heterocycles. The Balaban J connectivity index is 2.08. The molecule has 2 heteroatoms. The molecule has 0 amide bonds. The fourth-order valence-corrected chi connectivity index (χ4v) is 3.23. The van der Waals surface area contributed by atoms with E-state index in [0.717, 1.165) is 19.5 Å². The molecule has 17 heavy (non-hydrogen) atoms. The van der Waals surface area contributed by atoms with Crippen LogP contribution in [0.15, 0.2) is 30.3 Å². The third-order valence-electron chi connectivity index (χ3n) is 4.23. The van der Waals surface area contributed by atoms with Crippen molar-refractivity contribution in [1.29, 1.82) is 0 Å². The van der Waals surface area contributed by atoms with Gasteiger partial charge in [-0.3, -0.25) is 0 Å². The summed E-state index contributed by atoms with van der Waals surface area (Å²) in [5, 5.41) is 0. The van der Waals surface area contributed by atoms with Gasteiger partial charge in [0.05, 0.1) is 0 Å². The topological polar surface area (TPSA) is 52.0 Å². The molecular weight excluding hydrogens is 208 g/mol. The van der Waals surface area contributed by atoms with Gasteiger partial charge in [-0.05, 0) is 55.7 Å². The average molecular weight is 232 g/mol. The summed E-state index contributed by atoms with van der Waals surface area (Å²) in [5.41, 5.74) is 13.6. The van der Waals surface area contributed by atoms with Crippen LogP contribution in [0.2, 0.25) is 0 Å². The average Bonchev–Trinajstić information content (AvgIpc) is 2.40. The molecule has 0 heterocycles. The zero-order valence-corrected chi connectivity index (χ0v) is 10.6. The molecule has 2 atom stereocenters. The molecule has 94 valence electrons. The van der Waals surface area contributed by atoms with Gasteiger partial charge in [-0.15, -0.1) is 0 Å². The van der Waals surface area contributed by atoms with Gasteiger partial charge in [0.25, 0.3) is 0 Å². The molecule has 0 spiro atoms. The van der Waals surface area contributed by atoms with Crippen molar-refractivity contribution in [1.82, 2.24) is 0 Å². The number of hydrogen-bond donors (Lipinski definition) is 2. The molecule has 1 aliphatic rings. The molecule has 2 unspecified atom stereocenters. The minimum atomic E-state index is 0.295. The van der Waals surface area contributed by atoms with Crippen LogP contribution in [0.5, 0.6) is 0 Å². The zero-order chi connectivity index (χ0) is 12.1. The second kappa shape index (κ2) is 5.65. The fraction of sp³-hybridized carbons (Fsp3) is 0.600. The molecule has 1 aromatic rings. The normalized spacial score (nSPS) is 29.2. The van der Waals surface area contributed by atoms with Crippen LogP contribution < -0.4 is 11.5 Å². The van der Waals surface area contributed by atoms with Crippen LogP contribution in [0, 0.1) is 11.3 Å². The first-order chi connectivity index (χ1) is 8.28. The molecule has 0 bridgehead atoms. The predicted molar refractivity (Wildman–Crippen MR) is 72.6 cm³/mol. The van der Waals surface area contributed by atoms with Crippen LogP contribution in [0.25, 0.3) is 0 Å². The summed E-state index contributed by atoms with van der Waals surface area (Å²) >= 11 is 0. The van der Waals surface area contributed by atoms with E-state index in [-0.39, 0.29) is 0 Å². The predicted octanol–water partition coefficient (Wildman–Crippen LogP) is 2.32. The van der Waals surface area contributed by atoms with Crippen LogP contribution in [-0.2, 0) is 6.42 Å². The molecular formula is C15H24N2. The van der Waals surface area contributed by atoms with E-state index in [1.54, 1.807) is 0 Å². The van der Waals surface area contributed by atoms with E-state index in [4.69, 9.17) is 11.5 Å². The first-order valence-electron chi connectivity index (χ1n) is 6.72. The lowest BCUT2D eigenvalue weighted by Gasteiger charge is -2.40. The maximum Gasteiger partial charge on any atom is -0.00172 e. The Morgan fingerprint density at radius 2 is 1.94 bits per heavy atom. The van der Waals surface area contributed by atoms with Crippen LogP contribution in [0.1, 0.15) is 31.2 Å². The first kappa shape index (κ1) is 12.6. The molecule has 4 N–H and O–H groups in total. The monoisotopic (exact) mass is 232 g/mol. The SMILES string of the molecule is NCC1CCCC(CN)(Cc2ccccc2)C1. The maximum absolute atomic E-state index is 6.06. The molecule has 2 nitrogen and oxygen atoms in total. The summed E-state index contributed by atoms with van der Waals surface area (Å²) in [6, 6.07) is 10.7. The highest BCUT2D eigenvalue weighted by molar-refractivity contribution is 5.17. The minimum Gasteiger partial charge on any atom is -0.330 e. The van der Waals surface area contributed by atoms with E-state index in [9.17, 15) is 0 Å². The van der Waals surface area contributed by atoms with Crippen molar-refractivity contribution < 1.29 is 0 Å². The molecule has 0 aliphatic heterocycles. The van der Waals surface area contributed by atoms with Crippen molar-refractivity contribution in [3.63, 3.8) is 0 Å². The van der Waals surface area contributed by atoms with E-state index in [0.29, 0.717) is 11.3 Å². The fourth-order valence-electron chi connectivity index (χ4n) is 3.23. The Kier molecular flexibility index (Phi) is 4.19. The van der Waals surface area contributed by atoms with E-state index in [1.165, 1.54) is 31.2 Å². The van der Waals surface area contributed by atoms with Crippen LogP contribution in [-0.4, -0.2) is 13.1 Å². The zero-order valence-electron chi connectivity index (χ0n) is 10.6. The summed E-state index contributed by atoms with van der Waals surface area (Å²) < 4.78 is 0.